The SMILES string of the molecule is COc1ccc(-c2cc(=Nc3ccccc3F)c3cc(Cl)ccc3o2)cc1OC. The van der Waals surface area contributed by atoms with Crippen LogP contribution in [0.25, 0.3) is 22.3 Å². The predicted octanol–water partition coefficient (Wildman–Crippen LogP) is 6.14. The van der Waals surface area contributed by atoms with Gasteiger partial charge in [-0.05, 0) is 48.5 Å². The molecule has 0 fully saturated rings. The molecule has 0 bridgehead atoms. The van der Waals surface area contributed by atoms with Crippen LogP contribution >= 0.6 is 11.6 Å². The van der Waals surface area contributed by atoms with E-state index in [1.54, 1.807) is 62.8 Å². The first-order valence-corrected chi connectivity index (χ1v) is 9.22. The van der Waals surface area contributed by atoms with Crippen molar-refractivity contribution in [3.05, 3.63) is 82.9 Å². The van der Waals surface area contributed by atoms with Crippen LogP contribution in [0.4, 0.5) is 10.1 Å². The summed E-state index contributed by atoms with van der Waals surface area (Å²) >= 11 is 6.17. The number of benzene rings is 3. The molecule has 0 atom stereocenters. The van der Waals surface area contributed by atoms with Gasteiger partial charge in [0.05, 0.1) is 25.3 Å². The smallest absolute Gasteiger partial charge is 0.161 e. The molecule has 0 spiro atoms. The van der Waals surface area contributed by atoms with Crippen molar-refractivity contribution in [2.24, 2.45) is 4.99 Å². The van der Waals surface area contributed by atoms with Crippen molar-refractivity contribution in [3.8, 4) is 22.8 Å². The lowest BCUT2D eigenvalue weighted by atomic mass is 10.1. The Hall–Kier alpha value is -3.31. The molecule has 0 saturated heterocycles. The number of rotatable bonds is 4. The number of hydrogen-bond donors (Lipinski definition) is 0. The maximum atomic E-state index is 14.2. The minimum Gasteiger partial charge on any atom is -0.493 e. The summed E-state index contributed by atoms with van der Waals surface area (Å²) in [6, 6.07) is 18.8. The zero-order chi connectivity index (χ0) is 20.4. The van der Waals surface area contributed by atoms with Gasteiger partial charge in [-0.15, -0.1) is 0 Å². The second-order valence-electron chi connectivity index (χ2n) is 6.27. The lowest BCUT2D eigenvalue weighted by Gasteiger charge is -2.10. The number of nitrogens with zero attached hydrogens (tertiary/aromatic N) is 1. The van der Waals surface area contributed by atoms with Gasteiger partial charge in [-0.2, -0.15) is 0 Å². The highest BCUT2D eigenvalue weighted by Crippen LogP contribution is 2.33. The van der Waals surface area contributed by atoms with Crippen LogP contribution < -0.4 is 14.8 Å². The summed E-state index contributed by atoms with van der Waals surface area (Å²) in [5.74, 6) is 1.33. The van der Waals surface area contributed by atoms with Gasteiger partial charge < -0.3 is 13.9 Å². The molecule has 0 unspecified atom stereocenters. The molecule has 0 saturated carbocycles. The van der Waals surface area contributed by atoms with Crippen molar-refractivity contribution in [1.82, 2.24) is 0 Å². The van der Waals surface area contributed by atoms with Gasteiger partial charge in [-0.25, -0.2) is 9.38 Å². The van der Waals surface area contributed by atoms with Gasteiger partial charge >= 0.3 is 0 Å². The largest absolute Gasteiger partial charge is 0.493 e. The van der Waals surface area contributed by atoms with E-state index in [1.807, 2.05) is 12.1 Å². The van der Waals surface area contributed by atoms with Crippen LogP contribution in [-0.4, -0.2) is 14.2 Å². The van der Waals surface area contributed by atoms with E-state index in [-0.39, 0.29) is 5.69 Å². The minimum atomic E-state index is -0.406. The Bertz CT molecular complexity index is 1270. The summed E-state index contributed by atoms with van der Waals surface area (Å²) in [6.07, 6.45) is 0. The van der Waals surface area contributed by atoms with Gasteiger partial charge in [-0.1, -0.05) is 23.7 Å². The molecule has 4 aromatic rings. The first-order chi connectivity index (χ1) is 14.1. The summed E-state index contributed by atoms with van der Waals surface area (Å²) in [5.41, 5.74) is 1.58. The standard InChI is InChI=1S/C23H17ClFNO3/c1-27-21-9-7-14(11-23(21)28-2)22-13-19(26-18-6-4-3-5-17(18)25)16-12-15(24)8-10-20(16)29-22/h3-13H,1-2H3. The van der Waals surface area contributed by atoms with Crippen LogP contribution in [0.15, 0.2) is 76.1 Å². The van der Waals surface area contributed by atoms with Crippen molar-refractivity contribution < 1.29 is 18.3 Å². The molecular formula is C23H17ClFNO3. The lowest BCUT2D eigenvalue weighted by molar-refractivity contribution is 0.355. The second-order valence-corrected chi connectivity index (χ2v) is 6.71. The van der Waals surface area contributed by atoms with Crippen molar-refractivity contribution in [2.75, 3.05) is 14.2 Å². The molecule has 0 aliphatic rings. The van der Waals surface area contributed by atoms with Crippen LogP contribution in [0.1, 0.15) is 0 Å². The first kappa shape index (κ1) is 19.0. The van der Waals surface area contributed by atoms with E-state index in [9.17, 15) is 4.39 Å². The van der Waals surface area contributed by atoms with E-state index >= 15 is 0 Å². The molecule has 0 aliphatic heterocycles. The Morgan fingerprint density at radius 3 is 2.45 bits per heavy atom. The fourth-order valence-corrected chi connectivity index (χ4v) is 3.21. The summed E-state index contributed by atoms with van der Waals surface area (Å²) in [6.45, 7) is 0. The highest BCUT2D eigenvalue weighted by Gasteiger charge is 2.11. The zero-order valence-corrected chi connectivity index (χ0v) is 16.5. The van der Waals surface area contributed by atoms with Gasteiger partial charge in [0.25, 0.3) is 0 Å². The summed E-state index contributed by atoms with van der Waals surface area (Å²) < 4.78 is 30.9. The molecule has 29 heavy (non-hydrogen) atoms. The molecule has 4 rings (SSSR count). The maximum Gasteiger partial charge on any atom is 0.161 e. The van der Waals surface area contributed by atoms with Crippen LogP contribution in [-0.2, 0) is 0 Å². The lowest BCUT2D eigenvalue weighted by Crippen LogP contribution is -2.03. The van der Waals surface area contributed by atoms with Crippen LogP contribution in [0.3, 0.4) is 0 Å². The summed E-state index contributed by atoms with van der Waals surface area (Å²) in [5, 5.41) is 1.77. The predicted molar refractivity (Wildman–Crippen MR) is 111 cm³/mol. The number of halogens is 2. The number of ether oxygens (including phenoxy) is 2. The molecule has 1 heterocycles. The maximum absolute atomic E-state index is 14.2. The molecule has 3 aromatic carbocycles. The van der Waals surface area contributed by atoms with E-state index in [2.05, 4.69) is 4.99 Å². The van der Waals surface area contributed by atoms with Crippen LogP contribution in [0.5, 0.6) is 11.5 Å². The molecule has 0 N–H and O–H groups in total. The molecule has 0 radical (unpaired) electrons. The van der Waals surface area contributed by atoms with Gasteiger partial charge in [0.15, 0.2) is 11.5 Å². The molecule has 0 amide bonds. The monoisotopic (exact) mass is 409 g/mol. The molecule has 0 aliphatic carbocycles. The first-order valence-electron chi connectivity index (χ1n) is 8.84. The average Bonchev–Trinajstić information content (AvgIpc) is 2.75. The molecule has 1 aromatic heterocycles. The fourth-order valence-electron chi connectivity index (χ4n) is 3.04. The second kappa shape index (κ2) is 7.97. The minimum absolute atomic E-state index is 0.234. The normalized spacial score (nSPS) is 11.7. The number of hydrogen-bond acceptors (Lipinski definition) is 4. The third-order valence-electron chi connectivity index (χ3n) is 4.47. The highest BCUT2D eigenvalue weighted by molar-refractivity contribution is 6.31. The number of methoxy groups -OCH3 is 2. The van der Waals surface area contributed by atoms with Crippen molar-refractivity contribution in [3.63, 3.8) is 0 Å². The highest BCUT2D eigenvalue weighted by atomic mass is 35.5. The molecular weight excluding hydrogens is 393 g/mol. The Labute approximate surface area is 171 Å². The van der Waals surface area contributed by atoms with Gasteiger partial charge in [0.1, 0.15) is 17.2 Å². The van der Waals surface area contributed by atoms with Crippen LogP contribution in [0.2, 0.25) is 5.02 Å². The summed E-state index contributed by atoms with van der Waals surface area (Å²) in [7, 11) is 3.15. The fraction of sp³-hybridized carbons (Fsp3) is 0.0870. The Morgan fingerprint density at radius 2 is 1.69 bits per heavy atom. The Morgan fingerprint density at radius 1 is 0.897 bits per heavy atom. The summed E-state index contributed by atoms with van der Waals surface area (Å²) in [4.78, 5) is 4.52. The topological polar surface area (TPSA) is 44.0 Å². The van der Waals surface area contributed by atoms with Gasteiger partial charge in [0, 0.05) is 22.0 Å². The molecule has 6 heteroatoms. The molecule has 4 nitrogen and oxygen atoms in total. The Kier molecular flexibility index (Phi) is 5.23. The third-order valence-corrected chi connectivity index (χ3v) is 4.70. The van der Waals surface area contributed by atoms with E-state index < -0.39 is 5.82 Å². The van der Waals surface area contributed by atoms with E-state index in [4.69, 9.17) is 25.5 Å². The van der Waals surface area contributed by atoms with Gasteiger partial charge in [-0.3, -0.25) is 0 Å². The average molecular weight is 410 g/mol. The third kappa shape index (κ3) is 3.82. The zero-order valence-electron chi connectivity index (χ0n) is 15.8. The van der Waals surface area contributed by atoms with E-state index in [0.717, 1.165) is 5.56 Å². The Balaban J connectivity index is 1.98. The number of para-hydroxylation sites is 1. The van der Waals surface area contributed by atoms with Crippen LogP contribution in [0, 0.1) is 5.82 Å². The van der Waals surface area contributed by atoms with E-state index in [0.29, 0.717) is 38.6 Å². The van der Waals surface area contributed by atoms with Crippen molar-refractivity contribution in [2.45, 2.75) is 0 Å². The number of fused-ring (bicyclic) bond motifs is 1. The quantitative estimate of drug-likeness (QED) is 0.406. The van der Waals surface area contributed by atoms with E-state index in [1.165, 1.54) is 6.07 Å². The van der Waals surface area contributed by atoms with Crippen molar-refractivity contribution >= 4 is 28.3 Å². The van der Waals surface area contributed by atoms with Gasteiger partial charge in [0.2, 0.25) is 0 Å². The molecule has 146 valence electrons. The van der Waals surface area contributed by atoms with Crippen molar-refractivity contribution in [1.29, 1.82) is 0 Å².